The molecule has 1 aliphatic rings. The molecule has 0 bridgehead atoms. The fraction of sp³-hybridized carbons (Fsp3) is 0.812. The molecule has 1 N–H and O–H groups in total. The first-order chi connectivity index (χ1) is 8.96. The highest BCUT2D eigenvalue weighted by atomic mass is 15.2. The van der Waals surface area contributed by atoms with Gasteiger partial charge in [0, 0.05) is 18.8 Å². The smallest absolute Gasteiger partial charge is 0.203 e. The third-order valence-corrected chi connectivity index (χ3v) is 3.98. The molecule has 3 nitrogen and oxygen atoms in total. The van der Waals surface area contributed by atoms with Crippen LogP contribution in [0.15, 0.2) is 6.20 Å². The zero-order chi connectivity index (χ0) is 13.9. The monoisotopic (exact) mass is 263 g/mol. The van der Waals surface area contributed by atoms with Crippen LogP contribution in [0, 0.1) is 12.3 Å². The van der Waals surface area contributed by atoms with E-state index in [2.05, 4.69) is 48.8 Å². The summed E-state index contributed by atoms with van der Waals surface area (Å²) in [6.07, 6.45) is 10.1. The molecular formula is C16H29N3. The summed E-state index contributed by atoms with van der Waals surface area (Å²) < 4.78 is 2.39. The van der Waals surface area contributed by atoms with Crippen molar-refractivity contribution < 1.29 is 0 Å². The van der Waals surface area contributed by atoms with Crippen LogP contribution in [0.3, 0.4) is 0 Å². The normalized spacial score (nSPS) is 17.7. The molecule has 0 saturated heterocycles. The highest BCUT2D eigenvalue weighted by Gasteiger charge is 2.19. The number of imidazole rings is 1. The second-order valence-corrected chi connectivity index (χ2v) is 7.14. The molecule has 0 unspecified atom stereocenters. The van der Waals surface area contributed by atoms with Crippen LogP contribution in [-0.2, 0) is 0 Å². The number of hydrogen-bond acceptors (Lipinski definition) is 2. The lowest BCUT2D eigenvalue weighted by atomic mass is 9.92. The Hall–Kier alpha value is -0.990. The van der Waals surface area contributed by atoms with Crippen LogP contribution in [0.2, 0.25) is 0 Å². The van der Waals surface area contributed by atoms with Gasteiger partial charge in [-0.15, -0.1) is 0 Å². The molecule has 3 heteroatoms. The van der Waals surface area contributed by atoms with E-state index in [0.717, 1.165) is 18.2 Å². The highest BCUT2D eigenvalue weighted by Crippen LogP contribution is 2.31. The van der Waals surface area contributed by atoms with Crippen LogP contribution >= 0.6 is 0 Å². The van der Waals surface area contributed by atoms with Gasteiger partial charge in [0.05, 0.1) is 5.69 Å². The van der Waals surface area contributed by atoms with Gasteiger partial charge in [-0.3, -0.25) is 0 Å². The van der Waals surface area contributed by atoms with Gasteiger partial charge in [-0.2, -0.15) is 0 Å². The van der Waals surface area contributed by atoms with Crippen molar-refractivity contribution in [3.8, 4) is 0 Å². The third kappa shape index (κ3) is 4.26. The molecule has 0 spiro atoms. The van der Waals surface area contributed by atoms with E-state index in [4.69, 9.17) is 0 Å². The third-order valence-electron chi connectivity index (χ3n) is 3.98. The van der Waals surface area contributed by atoms with E-state index in [1.165, 1.54) is 38.5 Å². The van der Waals surface area contributed by atoms with Crippen molar-refractivity contribution in [2.24, 2.45) is 5.41 Å². The summed E-state index contributed by atoms with van der Waals surface area (Å²) in [6, 6.07) is 0.659. The second-order valence-electron chi connectivity index (χ2n) is 7.14. The molecule has 0 radical (unpaired) electrons. The number of rotatable bonds is 4. The number of aromatic nitrogens is 2. The molecule has 1 aromatic heterocycles. The van der Waals surface area contributed by atoms with E-state index in [9.17, 15) is 0 Å². The van der Waals surface area contributed by atoms with E-state index in [0.29, 0.717) is 11.5 Å². The Balaban J connectivity index is 1.99. The summed E-state index contributed by atoms with van der Waals surface area (Å²) in [5.41, 5.74) is 1.51. The van der Waals surface area contributed by atoms with Crippen molar-refractivity contribution >= 4 is 5.95 Å². The van der Waals surface area contributed by atoms with E-state index in [1.807, 2.05) is 0 Å². The zero-order valence-electron chi connectivity index (χ0n) is 13.0. The lowest BCUT2D eigenvalue weighted by Gasteiger charge is -2.25. The first-order valence-corrected chi connectivity index (χ1v) is 7.75. The largest absolute Gasteiger partial charge is 0.356 e. The molecule has 2 rings (SSSR count). The van der Waals surface area contributed by atoms with Crippen molar-refractivity contribution in [2.75, 3.05) is 11.9 Å². The Morgan fingerprint density at radius 1 is 1.26 bits per heavy atom. The molecule has 1 heterocycles. The lowest BCUT2D eigenvalue weighted by molar-refractivity contribution is 0.354. The Kier molecular flexibility index (Phi) is 4.54. The number of nitrogens with one attached hydrogen (secondary N) is 1. The van der Waals surface area contributed by atoms with Crippen molar-refractivity contribution in [1.29, 1.82) is 0 Å². The maximum atomic E-state index is 4.66. The number of anilines is 1. The standard InChI is InChI=1S/C16H29N3/c1-13-12-19(14-8-6-5-7-9-14)15(18-13)17-11-10-16(2,3)4/h12,14H,5-11H2,1-4H3,(H,17,18). The first kappa shape index (κ1) is 14.4. The number of nitrogens with zero attached hydrogens (tertiary/aromatic N) is 2. The van der Waals surface area contributed by atoms with Crippen molar-refractivity contribution in [1.82, 2.24) is 9.55 Å². The van der Waals surface area contributed by atoms with Gasteiger partial charge in [0.2, 0.25) is 5.95 Å². The summed E-state index contributed by atoms with van der Waals surface area (Å²) in [7, 11) is 0. The molecule has 19 heavy (non-hydrogen) atoms. The molecule has 1 fully saturated rings. The summed E-state index contributed by atoms with van der Waals surface area (Å²) in [5, 5.41) is 3.54. The van der Waals surface area contributed by atoms with Crippen molar-refractivity contribution in [3.63, 3.8) is 0 Å². The average Bonchev–Trinajstić information content (AvgIpc) is 2.70. The Morgan fingerprint density at radius 2 is 1.95 bits per heavy atom. The Morgan fingerprint density at radius 3 is 2.58 bits per heavy atom. The fourth-order valence-corrected chi connectivity index (χ4v) is 2.83. The number of hydrogen-bond donors (Lipinski definition) is 1. The lowest BCUT2D eigenvalue weighted by Crippen LogP contribution is -2.18. The predicted octanol–water partition coefficient (Wildman–Crippen LogP) is 4.54. The van der Waals surface area contributed by atoms with E-state index >= 15 is 0 Å². The minimum atomic E-state index is 0.379. The predicted molar refractivity (Wildman–Crippen MR) is 81.6 cm³/mol. The van der Waals surface area contributed by atoms with Gasteiger partial charge in [-0.05, 0) is 31.6 Å². The molecule has 0 amide bonds. The van der Waals surface area contributed by atoms with Crippen LogP contribution in [0.5, 0.6) is 0 Å². The molecule has 108 valence electrons. The maximum Gasteiger partial charge on any atom is 0.203 e. The molecule has 1 aromatic rings. The average molecular weight is 263 g/mol. The van der Waals surface area contributed by atoms with Gasteiger partial charge < -0.3 is 9.88 Å². The van der Waals surface area contributed by atoms with E-state index in [1.54, 1.807) is 0 Å². The van der Waals surface area contributed by atoms with E-state index in [-0.39, 0.29) is 0 Å². The van der Waals surface area contributed by atoms with Crippen LogP contribution in [0.4, 0.5) is 5.95 Å². The van der Waals surface area contributed by atoms with E-state index < -0.39 is 0 Å². The Bertz CT molecular complexity index is 395. The Labute approximate surface area is 117 Å². The van der Waals surface area contributed by atoms with Gasteiger partial charge in [0.25, 0.3) is 0 Å². The minimum Gasteiger partial charge on any atom is -0.356 e. The van der Waals surface area contributed by atoms with Gasteiger partial charge in [-0.25, -0.2) is 4.98 Å². The van der Waals surface area contributed by atoms with Crippen molar-refractivity contribution in [2.45, 2.75) is 72.3 Å². The zero-order valence-corrected chi connectivity index (χ0v) is 13.0. The van der Waals surface area contributed by atoms with Crippen LogP contribution in [0.25, 0.3) is 0 Å². The van der Waals surface area contributed by atoms with Gasteiger partial charge >= 0.3 is 0 Å². The molecule has 1 aliphatic carbocycles. The van der Waals surface area contributed by atoms with Gasteiger partial charge in [-0.1, -0.05) is 40.0 Å². The molecule has 0 aromatic carbocycles. The second kappa shape index (κ2) is 5.98. The molecule has 0 aliphatic heterocycles. The molecule has 0 atom stereocenters. The molecular weight excluding hydrogens is 234 g/mol. The summed E-state index contributed by atoms with van der Waals surface area (Å²) >= 11 is 0. The van der Waals surface area contributed by atoms with Gasteiger partial charge in [0.15, 0.2) is 0 Å². The van der Waals surface area contributed by atoms with Crippen LogP contribution < -0.4 is 5.32 Å². The minimum absolute atomic E-state index is 0.379. The molecule has 1 saturated carbocycles. The fourth-order valence-electron chi connectivity index (χ4n) is 2.83. The number of aryl methyl sites for hydroxylation is 1. The van der Waals surface area contributed by atoms with Crippen LogP contribution in [-0.4, -0.2) is 16.1 Å². The first-order valence-electron chi connectivity index (χ1n) is 7.75. The SMILES string of the molecule is Cc1cn(C2CCCCC2)c(NCCC(C)(C)C)n1. The topological polar surface area (TPSA) is 29.9 Å². The quantitative estimate of drug-likeness (QED) is 0.864. The van der Waals surface area contributed by atoms with Crippen LogP contribution in [0.1, 0.15) is 71.0 Å². The van der Waals surface area contributed by atoms with Gasteiger partial charge in [0.1, 0.15) is 0 Å². The van der Waals surface area contributed by atoms with Crippen molar-refractivity contribution in [3.05, 3.63) is 11.9 Å². The summed E-state index contributed by atoms with van der Waals surface area (Å²) in [4.78, 5) is 4.66. The highest BCUT2D eigenvalue weighted by molar-refractivity contribution is 5.29. The summed E-state index contributed by atoms with van der Waals surface area (Å²) in [6.45, 7) is 9.95. The maximum absolute atomic E-state index is 4.66. The summed E-state index contributed by atoms with van der Waals surface area (Å²) in [5.74, 6) is 1.08.